The standard InChI is InChI=1S/C12H14N4OS/c1-8-14-15-12(18-8)13-11(17)9-4-6-10(7-5-9)16(2)3/h4-7H,1-3H3,(H,13,15,17). The van der Waals surface area contributed by atoms with E-state index in [1.807, 2.05) is 38.1 Å². The van der Waals surface area contributed by atoms with Gasteiger partial charge in [0.2, 0.25) is 5.13 Å². The normalized spacial score (nSPS) is 10.2. The number of aryl methyl sites for hydroxylation is 1. The molecule has 1 aromatic carbocycles. The molecule has 18 heavy (non-hydrogen) atoms. The summed E-state index contributed by atoms with van der Waals surface area (Å²) in [6.07, 6.45) is 0. The van der Waals surface area contributed by atoms with Crippen molar-refractivity contribution in [1.82, 2.24) is 10.2 Å². The van der Waals surface area contributed by atoms with E-state index in [2.05, 4.69) is 15.5 Å². The third-order valence-electron chi connectivity index (χ3n) is 2.39. The molecule has 0 spiro atoms. The van der Waals surface area contributed by atoms with Crippen molar-refractivity contribution in [1.29, 1.82) is 0 Å². The number of hydrogen-bond donors (Lipinski definition) is 1. The summed E-state index contributed by atoms with van der Waals surface area (Å²) in [5, 5.41) is 11.8. The van der Waals surface area contributed by atoms with Gasteiger partial charge in [-0.1, -0.05) is 11.3 Å². The SMILES string of the molecule is Cc1nnc(NC(=O)c2ccc(N(C)C)cc2)s1. The predicted octanol–water partition coefficient (Wildman–Crippen LogP) is 2.16. The first-order chi connectivity index (χ1) is 8.56. The molecule has 0 atom stereocenters. The fraction of sp³-hybridized carbons (Fsp3) is 0.250. The van der Waals surface area contributed by atoms with Crippen LogP contribution in [-0.2, 0) is 0 Å². The molecular formula is C12H14N4OS. The highest BCUT2D eigenvalue weighted by atomic mass is 32.1. The number of nitrogens with one attached hydrogen (secondary N) is 1. The summed E-state index contributed by atoms with van der Waals surface area (Å²) < 4.78 is 0. The molecule has 0 aliphatic rings. The van der Waals surface area contributed by atoms with Gasteiger partial charge >= 0.3 is 0 Å². The lowest BCUT2D eigenvalue weighted by atomic mass is 10.2. The Labute approximate surface area is 109 Å². The van der Waals surface area contributed by atoms with Crippen LogP contribution in [0.25, 0.3) is 0 Å². The molecule has 0 unspecified atom stereocenters. The van der Waals surface area contributed by atoms with Gasteiger partial charge in [0.1, 0.15) is 5.01 Å². The third kappa shape index (κ3) is 2.84. The van der Waals surface area contributed by atoms with E-state index in [0.29, 0.717) is 10.7 Å². The second-order valence-corrected chi connectivity index (χ2v) is 5.20. The minimum atomic E-state index is -0.170. The maximum atomic E-state index is 11.9. The fourth-order valence-corrected chi connectivity index (χ4v) is 2.01. The van der Waals surface area contributed by atoms with Crippen LogP contribution in [0, 0.1) is 6.92 Å². The first kappa shape index (κ1) is 12.5. The summed E-state index contributed by atoms with van der Waals surface area (Å²) in [6.45, 7) is 1.85. The van der Waals surface area contributed by atoms with E-state index in [1.54, 1.807) is 12.1 Å². The van der Waals surface area contributed by atoms with Gasteiger partial charge in [0.15, 0.2) is 0 Å². The fourth-order valence-electron chi connectivity index (χ4n) is 1.43. The van der Waals surface area contributed by atoms with E-state index in [0.717, 1.165) is 10.7 Å². The number of amides is 1. The summed E-state index contributed by atoms with van der Waals surface area (Å²) in [4.78, 5) is 13.9. The van der Waals surface area contributed by atoms with E-state index < -0.39 is 0 Å². The Balaban J connectivity index is 2.09. The summed E-state index contributed by atoms with van der Waals surface area (Å²) in [5.41, 5.74) is 1.66. The van der Waals surface area contributed by atoms with E-state index in [9.17, 15) is 4.79 Å². The summed E-state index contributed by atoms with van der Waals surface area (Å²) in [5.74, 6) is -0.170. The van der Waals surface area contributed by atoms with Crippen LogP contribution in [0.1, 0.15) is 15.4 Å². The molecule has 0 aliphatic carbocycles. The van der Waals surface area contributed by atoms with Gasteiger partial charge in [-0.15, -0.1) is 10.2 Å². The molecule has 0 aliphatic heterocycles. The Morgan fingerprint density at radius 2 is 1.89 bits per heavy atom. The zero-order valence-corrected chi connectivity index (χ0v) is 11.3. The van der Waals surface area contributed by atoms with Crippen molar-refractivity contribution in [2.24, 2.45) is 0 Å². The molecule has 1 amide bonds. The zero-order valence-electron chi connectivity index (χ0n) is 10.5. The van der Waals surface area contributed by atoms with Crippen molar-refractivity contribution in [2.75, 3.05) is 24.3 Å². The molecule has 0 radical (unpaired) electrons. The molecule has 1 heterocycles. The predicted molar refractivity (Wildman–Crippen MR) is 73.4 cm³/mol. The first-order valence-corrected chi connectivity index (χ1v) is 6.27. The molecular weight excluding hydrogens is 248 g/mol. The molecule has 0 saturated heterocycles. The maximum absolute atomic E-state index is 11.9. The largest absolute Gasteiger partial charge is 0.378 e. The average molecular weight is 262 g/mol. The number of carbonyl (C=O) groups is 1. The molecule has 0 bridgehead atoms. The van der Waals surface area contributed by atoms with Crippen molar-refractivity contribution in [3.63, 3.8) is 0 Å². The number of benzene rings is 1. The summed E-state index contributed by atoms with van der Waals surface area (Å²) >= 11 is 1.36. The van der Waals surface area contributed by atoms with Crippen molar-refractivity contribution in [3.8, 4) is 0 Å². The first-order valence-electron chi connectivity index (χ1n) is 5.45. The summed E-state index contributed by atoms with van der Waals surface area (Å²) in [6, 6.07) is 7.39. The van der Waals surface area contributed by atoms with Crippen molar-refractivity contribution >= 4 is 28.1 Å². The minimum absolute atomic E-state index is 0.170. The number of hydrogen-bond acceptors (Lipinski definition) is 5. The third-order valence-corrected chi connectivity index (χ3v) is 3.15. The Bertz CT molecular complexity index is 547. The van der Waals surface area contributed by atoms with E-state index in [-0.39, 0.29) is 5.91 Å². The van der Waals surface area contributed by atoms with Crippen molar-refractivity contribution < 1.29 is 4.79 Å². The zero-order chi connectivity index (χ0) is 13.1. The van der Waals surface area contributed by atoms with Crippen LogP contribution in [-0.4, -0.2) is 30.2 Å². The number of carbonyl (C=O) groups excluding carboxylic acids is 1. The van der Waals surface area contributed by atoms with Crippen LogP contribution < -0.4 is 10.2 Å². The van der Waals surface area contributed by atoms with Crippen LogP contribution in [0.3, 0.4) is 0 Å². The minimum Gasteiger partial charge on any atom is -0.378 e. The average Bonchev–Trinajstić information content (AvgIpc) is 2.75. The highest BCUT2D eigenvalue weighted by molar-refractivity contribution is 7.15. The quantitative estimate of drug-likeness (QED) is 0.921. The van der Waals surface area contributed by atoms with Gasteiger partial charge < -0.3 is 4.90 Å². The Hall–Kier alpha value is -1.95. The molecule has 1 N–H and O–H groups in total. The van der Waals surface area contributed by atoms with Gasteiger partial charge in [0.05, 0.1) is 0 Å². The van der Waals surface area contributed by atoms with Gasteiger partial charge in [-0.3, -0.25) is 10.1 Å². The number of anilines is 2. The second kappa shape index (κ2) is 5.14. The smallest absolute Gasteiger partial charge is 0.257 e. The molecule has 5 nitrogen and oxygen atoms in total. The molecule has 0 saturated carbocycles. The van der Waals surface area contributed by atoms with Gasteiger partial charge in [-0.25, -0.2) is 0 Å². The Morgan fingerprint density at radius 1 is 1.22 bits per heavy atom. The van der Waals surface area contributed by atoms with Gasteiger partial charge in [0.25, 0.3) is 5.91 Å². The summed E-state index contributed by atoms with van der Waals surface area (Å²) in [7, 11) is 3.91. The Kier molecular flexibility index (Phi) is 3.57. The van der Waals surface area contributed by atoms with Crippen LogP contribution >= 0.6 is 11.3 Å². The number of rotatable bonds is 3. The second-order valence-electron chi connectivity index (χ2n) is 4.02. The van der Waals surface area contributed by atoms with Crippen LogP contribution in [0.4, 0.5) is 10.8 Å². The molecule has 6 heteroatoms. The monoisotopic (exact) mass is 262 g/mol. The molecule has 0 fully saturated rings. The molecule has 2 rings (SSSR count). The van der Waals surface area contributed by atoms with Crippen LogP contribution in [0.2, 0.25) is 0 Å². The highest BCUT2D eigenvalue weighted by Crippen LogP contribution is 2.16. The lowest BCUT2D eigenvalue weighted by Crippen LogP contribution is -2.13. The van der Waals surface area contributed by atoms with Gasteiger partial charge in [-0.2, -0.15) is 0 Å². The highest BCUT2D eigenvalue weighted by Gasteiger charge is 2.09. The number of nitrogens with zero attached hydrogens (tertiary/aromatic N) is 3. The van der Waals surface area contributed by atoms with Crippen molar-refractivity contribution in [2.45, 2.75) is 6.92 Å². The van der Waals surface area contributed by atoms with E-state index in [1.165, 1.54) is 11.3 Å². The van der Waals surface area contributed by atoms with Crippen molar-refractivity contribution in [3.05, 3.63) is 34.8 Å². The molecule has 2 aromatic rings. The van der Waals surface area contributed by atoms with Crippen LogP contribution in [0.15, 0.2) is 24.3 Å². The van der Waals surface area contributed by atoms with Gasteiger partial charge in [0, 0.05) is 25.3 Å². The van der Waals surface area contributed by atoms with E-state index >= 15 is 0 Å². The lowest BCUT2D eigenvalue weighted by Gasteiger charge is -2.12. The van der Waals surface area contributed by atoms with Gasteiger partial charge in [-0.05, 0) is 31.2 Å². The molecule has 1 aromatic heterocycles. The van der Waals surface area contributed by atoms with Crippen LogP contribution in [0.5, 0.6) is 0 Å². The molecule has 94 valence electrons. The van der Waals surface area contributed by atoms with E-state index in [4.69, 9.17) is 0 Å². The lowest BCUT2D eigenvalue weighted by molar-refractivity contribution is 0.102. The maximum Gasteiger partial charge on any atom is 0.257 e. The number of aromatic nitrogens is 2. The Morgan fingerprint density at radius 3 is 2.39 bits per heavy atom. The topological polar surface area (TPSA) is 58.1 Å².